The van der Waals surface area contributed by atoms with E-state index in [9.17, 15) is 4.79 Å². The Hall–Kier alpha value is -1.66. The summed E-state index contributed by atoms with van der Waals surface area (Å²) in [5, 5.41) is 9.88. The Morgan fingerprint density at radius 2 is 2.00 bits per heavy atom. The molecule has 0 spiro atoms. The first-order valence-corrected chi connectivity index (χ1v) is 7.91. The Bertz CT molecular complexity index is 675. The number of aryl methyl sites for hydroxylation is 2. The third-order valence-corrected chi connectivity index (χ3v) is 4.88. The van der Waals surface area contributed by atoms with Gasteiger partial charge in [0, 0.05) is 26.2 Å². The van der Waals surface area contributed by atoms with Gasteiger partial charge in [-0.05, 0) is 31.0 Å². The molecule has 1 N–H and O–H groups in total. The molecule has 5 nitrogen and oxygen atoms in total. The maximum absolute atomic E-state index is 10.7. The number of rotatable bonds is 3. The largest absolute Gasteiger partial charge is 0.480 e. The number of aliphatic carboxylic acids is 1. The first kappa shape index (κ1) is 14.3. The Morgan fingerprint density at radius 3 is 2.67 bits per heavy atom. The number of anilines is 1. The Balaban J connectivity index is 1.76. The average molecular weight is 305 g/mol. The van der Waals surface area contributed by atoms with Gasteiger partial charge < -0.3 is 10.0 Å². The molecule has 0 aliphatic carbocycles. The molecular formula is C15H19N3O2S. The van der Waals surface area contributed by atoms with Crippen LogP contribution in [-0.4, -0.2) is 53.7 Å². The highest BCUT2D eigenvalue weighted by Gasteiger charge is 2.21. The van der Waals surface area contributed by atoms with Crippen molar-refractivity contribution in [1.82, 2.24) is 9.88 Å². The number of carboxylic acid groups (broad SMARTS) is 1. The van der Waals surface area contributed by atoms with Crippen LogP contribution in [0.3, 0.4) is 0 Å². The fourth-order valence-electron chi connectivity index (χ4n) is 2.78. The molecule has 3 rings (SSSR count). The van der Waals surface area contributed by atoms with Gasteiger partial charge in [0.1, 0.15) is 0 Å². The van der Waals surface area contributed by atoms with Crippen LogP contribution in [0.25, 0.3) is 10.2 Å². The van der Waals surface area contributed by atoms with Crippen LogP contribution < -0.4 is 4.90 Å². The van der Waals surface area contributed by atoms with Crippen molar-refractivity contribution in [3.05, 3.63) is 23.3 Å². The number of nitrogens with zero attached hydrogens (tertiary/aromatic N) is 3. The Kier molecular flexibility index (Phi) is 3.82. The van der Waals surface area contributed by atoms with Crippen LogP contribution in [0.4, 0.5) is 5.13 Å². The SMILES string of the molecule is Cc1cc(C)c2nc(N3CCN(CC(=O)O)CC3)sc2c1. The zero-order chi connectivity index (χ0) is 15.0. The van der Waals surface area contributed by atoms with Gasteiger partial charge in [0.15, 0.2) is 5.13 Å². The van der Waals surface area contributed by atoms with Crippen molar-refractivity contribution in [2.24, 2.45) is 0 Å². The van der Waals surface area contributed by atoms with Gasteiger partial charge in [-0.25, -0.2) is 4.98 Å². The van der Waals surface area contributed by atoms with Crippen LogP contribution in [0.15, 0.2) is 12.1 Å². The van der Waals surface area contributed by atoms with Gasteiger partial charge in [-0.2, -0.15) is 0 Å². The highest BCUT2D eigenvalue weighted by Crippen LogP contribution is 2.31. The minimum absolute atomic E-state index is 0.131. The molecule has 112 valence electrons. The van der Waals surface area contributed by atoms with E-state index in [4.69, 9.17) is 10.1 Å². The third kappa shape index (κ3) is 3.01. The van der Waals surface area contributed by atoms with Crippen LogP contribution >= 0.6 is 11.3 Å². The molecule has 6 heteroatoms. The zero-order valence-corrected chi connectivity index (χ0v) is 13.1. The number of benzene rings is 1. The first-order chi connectivity index (χ1) is 10.0. The van der Waals surface area contributed by atoms with E-state index in [1.54, 1.807) is 11.3 Å². The summed E-state index contributed by atoms with van der Waals surface area (Å²) in [5.41, 5.74) is 3.58. The molecule has 1 aromatic heterocycles. The van der Waals surface area contributed by atoms with Gasteiger partial charge in [-0.15, -0.1) is 0 Å². The van der Waals surface area contributed by atoms with E-state index in [2.05, 4.69) is 30.9 Å². The monoisotopic (exact) mass is 305 g/mol. The Labute approximate surface area is 127 Å². The highest BCUT2D eigenvalue weighted by atomic mass is 32.1. The molecule has 1 fully saturated rings. The van der Waals surface area contributed by atoms with Crippen LogP contribution in [0.2, 0.25) is 0 Å². The van der Waals surface area contributed by atoms with Gasteiger partial charge in [-0.3, -0.25) is 9.69 Å². The molecule has 1 aliphatic rings. The third-order valence-electron chi connectivity index (χ3n) is 3.82. The summed E-state index contributed by atoms with van der Waals surface area (Å²) < 4.78 is 1.23. The minimum Gasteiger partial charge on any atom is -0.480 e. The fraction of sp³-hybridized carbons (Fsp3) is 0.467. The predicted molar refractivity (Wildman–Crippen MR) is 85.4 cm³/mol. The molecular weight excluding hydrogens is 286 g/mol. The van der Waals surface area contributed by atoms with Crippen molar-refractivity contribution in [2.45, 2.75) is 13.8 Å². The normalized spacial score (nSPS) is 16.6. The topological polar surface area (TPSA) is 56.7 Å². The summed E-state index contributed by atoms with van der Waals surface area (Å²) >= 11 is 1.73. The second-order valence-corrected chi connectivity index (χ2v) is 6.59. The van der Waals surface area contributed by atoms with Gasteiger partial charge in [0.25, 0.3) is 0 Å². The number of hydrogen-bond acceptors (Lipinski definition) is 5. The fourth-order valence-corrected chi connectivity index (χ4v) is 3.98. The molecule has 0 radical (unpaired) electrons. The number of thiazole rings is 1. The Morgan fingerprint density at radius 1 is 1.29 bits per heavy atom. The smallest absolute Gasteiger partial charge is 0.317 e. The standard InChI is InChI=1S/C15H19N3O2S/c1-10-7-11(2)14-12(8-10)21-15(16-14)18-5-3-17(4-6-18)9-13(19)20/h7-8H,3-6,9H2,1-2H3,(H,19,20). The van der Waals surface area contributed by atoms with Crippen LogP contribution in [-0.2, 0) is 4.79 Å². The molecule has 1 aromatic carbocycles. The summed E-state index contributed by atoms with van der Waals surface area (Å²) in [6.45, 7) is 7.57. The maximum Gasteiger partial charge on any atom is 0.317 e. The number of fused-ring (bicyclic) bond motifs is 1. The first-order valence-electron chi connectivity index (χ1n) is 7.10. The molecule has 1 saturated heterocycles. The molecule has 21 heavy (non-hydrogen) atoms. The summed E-state index contributed by atoms with van der Waals surface area (Å²) in [5.74, 6) is -0.755. The molecule has 0 saturated carbocycles. The van der Waals surface area contributed by atoms with E-state index in [0.717, 1.165) is 36.8 Å². The lowest BCUT2D eigenvalue weighted by molar-refractivity contribution is -0.138. The number of aromatic nitrogens is 1. The summed E-state index contributed by atoms with van der Waals surface area (Å²) in [4.78, 5) is 19.7. The van der Waals surface area contributed by atoms with Crippen molar-refractivity contribution in [3.63, 3.8) is 0 Å². The predicted octanol–water partition coefficient (Wildman–Crippen LogP) is 2.12. The molecule has 0 amide bonds. The van der Waals surface area contributed by atoms with E-state index >= 15 is 0 Å². The second-order valence-electron chi connectivity index (χ2n) is 5.58. The van der Waals surface area contributed by atoms with Gasteiger partial charge >= 0.3 is 5.97 Å². The minimum atomic E-state index is -0.755. The lowest BCUT2D eigenvalue weighted by Crippen LogP contribution is -2.47. The average Bonchev–Trinajstić information content (AvgIpc) is 2.83. The quantitative estimate of drug-likeness (QED) is 0.941. The van der Waals surface area contributed by atoms with Crippen LogP contribution in [0, 0.1) is 13.8 Å². The zero-order valence-electron chi connectivity index (χ0n) is 12.3. The molecule has 0 bridgehead atoms. The van der Waals surface area contributed by atoms with Crippen molar-refractivity contribution >= 4 is 32.7 Å². The molecule has 2 heterocycles. The van der Waals surface area contributed by atoms with Crippen molar-refractivity contribution in [2.75, 3.05) is 37.6 Å². The van der Waals surface area contributed by atoms with Crippen molar-refractivity contribution in [1.29, 1.82) is 0 Å². The molecule has 2 aromatic rings. The van der Waals surface area contributed by atoms with Gasteiger partial charge in [-0.1, -0.05) is 17.4 Å². The van der Waals surface area contributed by atoms with E-state index in [1.165, 1.54) is 15.8 Å². The maximum atomic E-state index is 10.7. The van der Waals surface area contributed by atoms with Gasteiger partial charge in [0.2, 0.25) is 0 Å². The number of carbonyl (C=O) groups is 1. The molecule has 1 aliphatic heterocycles. The van der Waals surface area contributed by atoms with E-state index in [0.29, 0.717) is 0 Å². The number of carboxylic acids is 1. The summed E-state index contributed by atoms with van der Waals surface area (Å²) in [6, 6.07) is 4.35. The summed E-state index contributed by atoms with van der Waals surface area (Å²) in [7, 11) is 0. The van der Waals surface area contributed by atoms with E-state index in [-0.39, 0.29) is 6.54 Å². The molecule has 0 unspecified atom stereocenters. The van der Waals surface area contributed by atoms with Crippen molar-refractivity contribution < 1.29 is 9.90 Å². The number of hydrogen-bond donors (Lipinski definition) is 1. The lowest BCUT2D eigenvalue weighted by Gasteiger charge is -2.33. The van der Waals surface area contributed by atoms with Crippen LogP contribution in [0.5, 0.6) is 0 Å². The second kappa shape index (κ2) is 5.61. The van der Waals surface area contributed by atoms with E-state index < -0.39 is 5.97 Å². The lowest BCUT2D eigenvalue weighted by atomic mass is 10.1. The molecule has 0 atom stereocenters. The summed E-state index contributed by atoms with van der Waals surface area (Å²) in [6.07, 6.45) is 0. The highest BCUT2D eigenvalue weighted by molar-refractivity contribution is 7.22. The van der Waals surface area contributed by atoms with Gasteiger partial charge in [0.05, 0.1) is 16.8 Å². The van der Waals surface area contributed by atoms with E-state index in [1.807, 2.05) is 4.90 Å². The van der Waals surface area contributed by atoms with Crippen molar-refractivity contribution in [3.8, 4) is 0 Å². The van der Waals surface area contributed by atoms with Crippen LogP contribution in [0.1, 0.15) is 11.1 Å². The number of piperazine rings is 1.